The largest absolute Gasteiger partial charge is 0.395 e. The number of hydrogen-bond donors (Lipinski definition) is 1. The molecule has 0 aliphatic carbocycles. The van der Waals surface area contributed by atoms with Gasteiger partial charge in [0.2, 0.25) is 0 Å². The zero-order valence-electron chi connectivity index (χ0n) is 17.7. The summed E-state index contributed by atoms with van der Waals surface area (Å²) in [5.74, 6) is 3.29. The van der Waals surface area contributed by atoms with E-state index in [9.17, 15) is 5.11 Å². The van der Waals surface area contributed by atoms with Crippen molar-refractivity contribution in [2.24, 2.45) is 23.7 Å². The van der Waals surface area contributed by atoms with Crippen molar-refractivity contribution in [3.05, 3.63) is 0 Å². The summed E-state index contributed by atoms with van der Waals surface area (Å²) >= 11 is 0. The van der Waals surface area contributed by atoms with Gasteiger partial charge in [-0.15, -0.1) is 0 Å². The molecule has 0 spiro atoms. The molecule has 1 N–H and O–H groups in total. The molecule has 0 aliphatic rings. The van der Waals surface area contributed by atoms with Gasteiger partial charge in [0.05, 0.1) is 6.61 Å². The van der Waals surface area contributed by atoms with Gasteiger partial charge in [0.1, 0.15) is 0 Å². The smallest absolute Gasteiger partial charge is 0.0558 e. The third-order valence-corrected chi connectivity index (χ3v) is 5.25. The normalized spacial score (nSPS) is 14.8. The summed E-state index contributed by atoms with van der Waals surface area (Å²) in [6.45, 7) is 17.5. The molecular formula is C22H47NO. The van der Waals surface area contributed by atoms with Crippen LogP contribution >= 0.6 is 0 Å². The van der Waals surface area contributed by atoms with E-state index >= 15 is 0 Å². The minimum absolute atomic E-state index is 0.295. The molecule has 0 rings (SSSR count). The molecular weight excluding hydrogens is 294 g/mol. The van der Waals surface area contributed by atoms with Gasteiger partial charge in [0.15, 0.2) is 0 Å². The minimum Gasteiger partial charge on any atom is -0.395 e. The lowest BCUT2D eigenvalue weighted by atomic mass is 9.96. The summed E-state index contributed by atoms with van der Waals surface area (Å²) in [7, 11) is 0. The quantitative estimate of drug-likeness (QED) is 0.373. The standard InChI is InChI=1S/C22H47NO/c1-19(2)9-7-11-21(5)13-15-23(17-18-24)16-14-22(6)12-8-10-20(3)4/h19-22,24H,7-18H2,1-6H3. The van der Waals surface area contributed by atoms with Crippen molar-refractivity contribution in [2.45, 2.75) is 92.9 Å². The summed E-state index contributed by atoms with van der Waals surface area (Å²) in [4.78, 5) is 2.48. The van der Waals surface area contributed by atoms with E-state index in [0.717, 1.165) is 43.3 Å². The number of aliphatic hydroxyl groups is 1. The monoisotopic (exact) mass is 341 g/mol. The van der Waals surface area contributed by atoms with Crippen LogP contribution in [-0.4, -0.2) is 36.2 Å². The van der Waals surface area contributed by atoms with Crippen molar-refractivity contribution in [3.8, 4) is 0 Å². The first kappa shape index (κ1) is 23.9. The molecule has 0 aromatic rings. The minimum atomic E-state index is 0.295. The van der Waals surface area contributed by atoms with Crippen LogP contribution in [0.2, 0.25) is 0 Å². The summed E-state index contributed by atoms with van der Waals surface area (Å²) in [5, 5.41) is 9.33. The Hall–Kier alpha value is -0.0800. The van der Waals surface area contributed by atoms with Crippen molar-refractivity contribution in [1.82, 2.24) is 4.90 Å². The molecule has 2 heteroatoms. The van der Waals surface area contributed by atoms with Crippen LogP contribution in [0.15, 0.2) is 0 Å². The Morgan fingerprint density at radius 3 is 1.33 bits per heavy atom. The lowest BCUT2D eigenvalue weighted by Crippen LogP contribution is -2.31. The molecule has 0 bridgehead atoms. The first-order valence-electron chi connectivity index (χ1n) is 10.7. The predicted molar refractivity (Wildman–Crippen MR) is 108 cm³/mol. The number of rotatable bonds is 16. The molecule has 2 atom stereocenters. The molecule has 0 heterocycles. The fourth-order valence-corrected chi connectivity index (χ4v) is 3.32. The van der Waals surface area contributed by atoms with Crippen LogP contribution in [0, 0.1) is 23.7 Å². The van der Waals surface area contributed by atoms with Gasteiger partial charge in [0, 0.05) is 6.54 Å². The Labute approximate surface area is 153 Å². The molecule has 0 aliphatic heterocycles. The second kappa shape index (κ2) is 15.2. The van der Waals surface area contributed by atoms with E-state index in [0.29, 0.717) is 6.61 Å². The number of hydrogen-bond acceptors (Lipinski definition) is 2. The molecule has 0 aromatic heterocycles. The Bertz CT molecular complexity index is 241. The summed E-state index contributed by atoms with van der Waals surface area (Å²) in [6.07, 6.45) is 10.7. The highest BCUT2D eigenvalue weighted by atomic mass is 16.3. The van der Waals surface area contributed by atoms with E-state index in [1.165, 1.54) is 51.4 Å². The lowest BCUT2D eigenvalue weighted by Gasteiger charge is -2.25. The van der Waals surface area contributed by atoms with Crippen LogP contribution in [0.4, 0.5) is 0 Å². The van der Waals surface area contributed by atoms with Gasteiger partial charge in [-0.3, -0.25) is 0 Å². The van der Waals surface area contributed by atoms with Crippen molar-refractivity contribution in [1.29, 1.82) is 0 Å². The van der Waals surface area contributed by atoms with Gasteiger partial charge >= 0.3 is 0 Å². The first-order valence-corrected chi connectivity index (χ1v) is 10.7. The van der Waals surface area contributed by atoms with Crippen LogP contribution in [0.5, 0.6) is 0 Å². The van der Waals surface area contributed by atoms with Crippen LogP contribution in [-0.2, 0) is 0 Å². The average molecular weight is 342 g/mol. The summed E-state index contributed by atoms with van der Waals surface area (Å²) in [5.41, 5.74) is 0. The predicted octanol–water partition coefficient (Wildman–Crippen LogP) is 5.99. The maximum absolute atomic E-state index is 9.33. The van der Waals surface area contributed by atoms with E-state index in [1.54, 1.807) is 0 Å². The molecule has 2 unspecified atom stereocenters. The average Bonchev–Trinajstić information content (AvgIpc) is 2.49. The van der Waals surface area contributed by atoms with E-state index in [1.807, 2.05) is 0 Å². The second-order valence-electron chi connectivity index (χ2n) is 9.00. The molecule has 0 fully saturated rings. The Morgan fingerprint density at radius 1 is 0.583 bits per heavy atom. The van der Waals surface area contributed by atoms with E-state index in [2.05, 4.69) is 46.4 Å². The zero-order valence-corrected chi connectivity index (χ0v) is 17.7. The SMILES string of the molecule is CC(C)CCCC(C)CCN(CCO)CCC(C)CCCC(C)C. The van der Waals surface area contributed by atoms with Gasteiger partial charge in [0.25, 0.3) is 0 Å². The van der Waals surface area contributed by atoms with Gasteiger partial charge < -0.3 is 10.0 Å². The fraction of sp³-hybridized carbons (Fsp3) is 1.00. The number of nitrogens with zero attached hydrogens (tertiary/aromatic N) is 1. The Balaban J connectivity index is 3.90. The Kier molecular flexibility index (Phi) is 15.1. The molecule has 146 valence electrons. The molecule has 24 heavy (non-hydrogen) atoms. The van der Waals surface area contributed by atoms with Crippen molar-refractivity contribution < 1.29 is 5.11 Å². The molecule has 0 saturated carbocycles. The fourth-order valence-electron chi connectivity index (χ4n) is 3.32. The van der Waals surface area contributed by atoms with Crippen molar-refractivity contribution in [2.75, 3.05) is 26.2 Å². The van der Waals surface area contributed by atoms with Crippen molar-refractivity contribution in [3.63, 3.8) is 0 Å². The topological polar surface area (TPSA) is 23.5 Å². The lowest BCUT2D eigenvalue weighted by molar-refractivity contribution is 0.177. The highest BCUT2D eigenvalue weighted by molar-refractivity contribution is 4.65. The summed E-state index contributed by atoms with van der Waals surface area (Å²) in [6, 6.07) is 0. The zero-order chi connectivity index (χ0) is 18.4. The van der Waals surface area contributed by atoms with Crippen molar-refractivity contribution >= 4 is 0 Å². The van der Waals surface area contributed by atoms with E-state index in [-0.39, 0.29) is 0 Å². The van der Waals surface area contributed by atoms with E-state index < -0.39 is 0 Å². The molecule has 0 saturated heterocycles. The third kappa shape index (κ3) is 15.4. The van der Waals surface area contributed by atoms with Gasteiger partial charge in [-0.05, 0) is 49.6 Å². The van der Waals surface area contributed by atoms with E-state index in [4.69, 9.17) is 0 Å². The molecule has 0 aromatic carbocycles. The van der Waals surface area contributed by atoms with Gasteiger partial charge in [-0.25, -0.2) is 0 Å². The highest BCUT2D eigenvalue weighted by Gasteiger charge is 2.11. The van der Waals surface area contributed by atoms with Crippen LogP contribution in [0.25, 0.3) is 0 Å². The molecule has 0 amide bonds. The molecule has 0 radical (unpaired) electrons. The second-order valence-corrected chi connectivity index (χ2v) is 9.00. The van der Waals surface area contributed by atoms with Crippen LogP contribution in [0.1, 0.15) is 92.9 Å². The van der Waals surface area contributed by atoms with Crippen LogP contribution < -0.4 is 0 Å². The van der Waals surface area contributed by atoms with Gasteiger partial charge in [-0.1, -0.05) is 80.1 Å². The highest BCUT2D eigenvalue weighted by Crippen LogP contribution is 2.18. The number of aliphatic hydroxyl groups excluding tert-OH is 1. The van der Waals surface area contributed by atoms with Gasteiger partial charge in [-0.2, -0.15) is 0 Å². The first-order chi connectivity index (χ1) is 11.3. The molecule has 2 nitrogen and oxygen atoms in total. The van der Waals surface area contributed by atoms with Crippen LogP contribution in [0.3, 0.4) is 0 Å². The maximum atomic E-state index is 9.33. The summed E-state index contributed by atoms with van der Waals surface area (Å²) < 4.78 is 0. The Morgan fingerprint density at radius 2 is 1.00 bits per heavy atom. The third-order valence-electron chi connectivity index (χ3n) is 5.25. The maximum Gasteiger partial charge on any atom is 0.0558 e.